The van der Waals surface area contributed by atoms with Crippen LogP contribution < -0.4 is 16.5 Å². The molecule has 4 aromatic rings. The molecule has 3 heterocycles. The van der Waals surface area contributed by atoms with Gasteiger partial charge in [-0.1, -0.05) is 23.7 Å². The number of imidazole rings is 1. The number of nitrogens with zero attached hydrogens (tertiary/aromatic N) is 5. The molecule has 8 nitrogen and oxygen atoms in total. The number of aromatic nitrogens is 3. The minimum absolute atomic E-state index is 0.245. The first-order chi connectivity index (χ1) is 15.5. The normalized spacial score (nSPS) is 15.1. The number of anilines is 1. The summed E-state index contributed by atoms with van der Waals surface area (Å²) in [6, 6.07) is 9.97. The number of nitrogens with two attached hydrogens (primary N) is 2. The Labute approximate surface area is 190 Å². The zero-order chi connectivity index (χ0) is 22.4. The lowest BCUT2D eigenvalue weighted by atomic mass is 10.1. The van der Waals surface area contributed by atoms with Crippen LogP contribution in [-0.4, -0.2) is 46.7 Å². The first kappa shape index (κ1) is 20.5. The molecule has 0 atom stereocenters. The fraction of sp³-hybridized carbons (Fsp3) is 0.261. The minimum Gasteiger partial charge on any atom is -0.382 e. The standard InChI is InChI=1S/C23H24ClN7O/c1-13-12-27-20-16(4-3-5-18(20)24)22(13)31-14(2)28-21-17(23(25)29-26)10-15(11-19(21)31)30-6-8-32-9-7-30/h3-5,10-12H,6-9,26H2,1-2H3,(H2,25,29). The van der Waals surface area contributed by atoms with Crippen molar-refractivity contribution in [3.05, 3.63) is 58.5 Å². The number of hydrogen-bond acceptors (Lipinski definition) is 6. The molecule has 2 aromatic carbocycles. The number of pyridine rings is 1. The number of halogens is 1. The Morgan fingerprint density at radius 3 is 2.69 bits per heavy atom. The summed E-state index contributed by atoms with van der Waals surface area (Å²) in [5.74, 6) is 6.63. The van der Waals surface area contributed by atoms with Crippen LogP contribution in [0.25, 0.3) is 27.6 Å². The highest BCUT2D eigenvalue weighted by molar-refractivity contribution is 6.35. The smallest absolute Gasteiger partial charge is 0.152 e. The summed E-state index contributed by atoms with van der Waals surface area (Å²) in [7, 11) is 0. The number of hydrogen-bond donors (Lipinski definition) is 2. The maximum Gasteiger partial charge on any atom is 0.152 e. The molecule has 1 aliphatic heterocycles. The molecule has 9 heteroatoms. The van der Waals surface area contributed by atoms with Gasteiger partial charge in [-0.05, 0) is 37.6 Å². The van der Waals surface area contributed by atoms with Crippen LogP contribution in [0.4, 0.5) is 5.69 Å². The number of rotatable bonds is 3. The molecule has 0 spiro atoms. The number of para-hydroxylation sites is 1. The van der Waals surface area contributed by atoms with Gasteiger partial charge in [-0.25, -0.2) is 4.98 Å². The topological polar surface area (TPSA) is 108 Å². The van der Waals surface area contributed by atoms with E-state index in [1.807, 2.05) is 44.3 Å². The van der Waals surface area contributed by atoms with E-state index in [1.165, 1.54) is 0 Å². The second-order valence-electron chi connectivity index (χ2n) is 7.90. The van der Waals surface area contributed by atoms with Crippen molar-refractivity contribution in [2.45, 2.75) is 13.8 Å². The summed E-state index contributed by atoms with van der Waals surface area (Å²) in [6.07, 6.45) is 1.84. The van der Waals surface area contributed by atoms with Gasteiger partial charge in [0.25, 0.3) is 0 Å². The van der Waals surface area contributed by atoms with Gasteiger partial charge in [0.05, 0.1) is 35.0 Å². The minimum atomic E-state index is 0.245. The monoisotopic (exact) mass is 449 g/mol. The largest absolute Gasteiger partial charge is 0.382 e. The quantitative estimate of drug-likeness (QED) is 0.215. The van der Waals surface area contributed by atoms with E-state index < -0.39 is 0 Å². The number of ether oxygens (including phenoxy) is 1. The average molecular weight is 450 g/mol. The predicted octanol–water partition coefficient (Wildman–Crippen LogP) is 3.26. The molecule has 1 fully saturated rings. The van der Waals surface area contributed by atoms with E-state index in [9.17, 15) is 0 Å². The Morgan fingerprint density at radius 1 is 1.16 bits per heavy atom. The van der Waals surface area contributed by atoms with Gasteiger partial charge in [-0.15, -0.1) is 0 Å². The first-order valence-corrected chi connectivity index (χ1v) is 10.8. The molecule has 164 valence electrons. The zero-order valence-electron chi connectivity index (χ0n) is 18.0. The Balaban J connectivity index is 1.86. The molecule has 0 amide bonds. The van der Waals surface area contributed by atoms with Crippen molar-refractivity contribution in [2.75, 3.05) is 31.2 Å². The maximum atomic E-state index is 6.46. The van der Waals surface area contributed by atoms with Crippen molar-refractivity contribution >= 4 is 45.1 Å². The second kappa shape index (κ2) is 7.96. The molecule has 0 bridgehead atoms. The molecule has 1 aliphatic rings. The lowest BCUT2D eigenvalue weighted by molar-refractivity contribution is 0.122. The Morgan fingerprint density at radius 2 is 1.94 bits per heavy atom. The van der Waals surface area contributed by atoms with Crippen LogP contribution >= 0.6 is 11.6 Å². The molecule has 32 heavy (non-hydrogen) atoms. The van der Waals surface area contributed by atoms with Gasteiger partial charge in [0, 0.05) is 35.9 Å². The molecule has 0 unspecified atom stereocenters. The van der Waals surface area contributed by atoms with Crippen molar-refractivity contribution in [1.82, 2.24) is 14.5 Å². The first-order valence-electron chi connectivity index (χ1n) is 10.4. The van der Waals surface area contributed by atoms with Crippen LogP contribution in [0.1, 0.15) is 17.0 Å². The van der Waals surface area contributed by atoms with Crippen LogP contribution in [0.5, 0.6) is 0 Å². The fourth-order valence-electron chi connectivity index (χ4n) is 4.40. The van der Waals surface area contributed by atoms with E-state index in [0.29, 0.717) is 23.8 Å². The third kappa shape index (κ3) is 3.23. The third-order valence-electron chi connectivity index (χ3n) is 5.93. The Hall–Kier alpha value is -3.36. The molecule has 0 aliphatic carbocycles. The van der Waals surface area contributed by atoms with Crippen molar-refractivity contribution in [1.29, 1.82) is 0 Å². The molecule has 4 N–H and O–H groups in total. The van der Waals surface area contributed by atoms with Crippen LogP contribution in [0.15, 0.2) is 41.6 Å². The van der Waals surface area contributed by atoms with Crippen molar-refractivity contribution in [2.24, 2.45) is 16.7 Å². The number of fused-ring (bicyclic) bond motifs is 2. The lowest BCUT2D eigenvalue weighted by Gasteiger charge is -2.29. The number of amidine groups is 1. The number of hydrazone groups is 1. The summed E-state index contributed by atoms with van der Waals surface area (Å²) in [5.41, 5.74) is 12.4. The van der Waals surface area contributed by atoms with Crippen molar-refractivity contribution < 1.29 is 4.74 Å². The van der Waals surface area contributed by atoms with Crippen molar-refractivity contribution in [3.63, 3.8) is 0 Å². The summed E-state index contributed by atoms with van der Waals surface area (Å²) in [4.78, 5) is 11.7. The van der Waals surface area contributed by atoms with Crippen molar-refractivity contribution in [3.8, 4) is 5.69 Å². The summed E-state index contributed by atoms with van der Waals surface area (Å²) in [6.45, 7) is 6.97. The van der Waals surface area contributed by atoms with E-state index in [2.05, 4.69) is 25.6 Å². The SMILES string of the molecule is Cc1cnc2c(Cl)cccc2c1-n1c(C)nc2c(/C(N)=N/N)cc(N3CCOCC3)cc21. The molecule has 5 rings (SSSR count). The van der Waals surface area contributed by atoms with E-state index in [0.717, 1.165) is 57.8 Å². The van der Waals surface area contributed by atoms with Gasteiger partial charge >= 0.3 is 0 Å². The molecular formula is C23H24ClN7O. The number of morpholine rings is 1. The van der Waals surface area contributed by atoms with Gasteiger partial charge in [0.1, 0.15) is 11.3 Å². The highest BCUT2D eigenvalue weighted by atomic mass is 35.5. The Kier molecular flexibility index (Phi) is 5.11. The molecular weight excluding hydrogens is 426 g/mol. The van der Waals surface area contributed by atoms with E-state index in [-0.39, 0.29) is 5.84 Å². The summed E-state index contributed by atoms with van der Waals surface area (Å²) < 4.78 is 7.67. The van der Waals surface area contributed by atoms with Gasteiger partial charge in [-0.2, -0.15) is 5.10 Å². The number of benzene rings is 2. The summed E-state index contributed by atoms with van der Waals surface area (Å²) in [5, 5.41) is 5.33. The van der Waals surface area contributed by atoms with E-state index >= 15 is 0 Å². The van der Waals surface area contributed by atoms with Crippen LogP contribution in [0, 0.1) is 13.8 Å². The third-order valence-corrected chi connectivity index (χ3v) is 6.24. The molecule has 2 aromatic heterocycles. The molecule has 0 radical (unpaired) electrons. The summed E-state index contributed by atoms with van der Waals surface area (Å²) >= 11 is 6.46. The zero-order valence-corrected chi connectivity index (χ0v) is 18.7. The highest BCUT2D eigenvalue weighted by Gasteiger charge is 2.22. The average Bonchev–Trinajstić information content (AvgIpc) is 3.14. The van der Waals surface area contributed by atoms with Crippen LogP contribution in [0.2, 0.25) is 5.02 Å². The Bertz CT molecular complexity index is 1370. The number of aryl methyl sites for hydroxylation is 2. The molecule has 0 saturated carbocycles. The van der Waals surface area contributed by atoms with Gasteiger partial charge in [0.2, 0.25) is 0 Å². The van der Waals surface area contributed by atoms with Gasteiger partial charge < -0.3 is 21.2 Å². The van der Waals surface area contributed by atoms with Gasteiger partial charge in [-0.3, -0.25) is 9.55 Å². The fourth-order valence-corrected chi connectivity index (χ4v) is 4.62. The molecule has 1 saturated heterocycles. The van der Waals surface area contributed by atoms with Crippen LogP contribution in [0.3, 0.4) is 0 Å². The van der Waals surface area contributed by atoms with Crippen LogP contribution in [-0.2, 0) is 4.74 Å². The maximum absolute atomic E-state index is 6.46. The highest BCUT2D eigenvalue weighted by Crippen LogP contribution is 2.34. The van der Waals surface area contributed by atoms with Gasteiger partial charge in [0.15, 0.2) is 5.84 Å². The van der Waals surface area contributed by atoms with E-state index in [1.54, 1.807) is 0 Å². The predicted molar refractivity (Wildman–Crippen MR) is 129 cm³/mol. The van der Waals surface area contributed by atoms with E-state index in [4.69, 9.17) is 32.9 Å². The lowest BCUT2D eigenvalue weighted by Crippen LogP contribution is -2.36. The second-order valence-corrected chi connectivity index (χ2v) is 8.30.